The van der Waals surface area contributed by atoms with E-state index in [1.807, 2.05) is 0 Å². The Kier molecular flexibility index (Phi) is 4.48. The Morgan fingerprint density at radius 3 is 2.36 bits per heavy atom. The van der Waals surface area contributed by atoms with E-state index >= 15 is 0 Å². The maximum Gasteiger partial charge on any atom is 0.450 e. The number of aryl methyl sites for hydroxylation is 1. The van der Waals surface area contributed by atoms with E-state index in [1.54, 1.807) is 45.0 Å². The number of halogens is 3. The SMILES string of the molecule is Cc1cccc(C2(C)C3=C(CC(C)(C)CC3=O)OC(C(F)(F)F)=C2C(=O)O)c1. The first-order chi connectivity index (χ1) is 12.8. The standard InChI is InChI=1S/C21H21F3O4/c1-11-6-5-7-12(8-11)20(4)15-13(25)9-19(2,3)10-14(15)28-17(21(22,23)24)16(20)18(26)27/h5-8H,9-10H2,1-4H3,(H,26,27). The van der Waals surface area contributed by atoms with Gasteiger partial charge in [-0.25, -0.2) is 4.79 Å². The number of carbonyl (C=O) groups is 2. The van der Waals surface area contributed by atoms with Crippen molar-refractivity contribution in [2.45, 2.75) is 52.1 Å². The zero-order chi connectivity index (χ0) is 21.1. The summed E-state index contributed by atoms with van der Waals surface area (Å²) in [5, 5.41) is 9.75. The highest BCUT2D eigenvalue weighted by atomic mass is 19.4. The molecule has 1 aliphatic heterocycles. The summed E-state index contributed by atoms with van der Waals surface area (Å²) in [6.07, 6.45) is -4.80. The molecule has 1 heterocycles. The van der Waals surface area contributed by atoms with Gasteiger partial charge in [-0.1, -0.05) is 43.7 Å². The fraction of sp³-hybridized carbons (Fsp3) is 0.429. The summed E-state index contributed by atoms with van der Waals surface area (Å²) in [4.78, 5) is 25.0. The molecule has 0 amide bonds. The van der Waals surface area contributed by atoms with Crippen molar-refractivity contribution in [1.82, 2.24) is 0 Å². The van der Waals surface area contributed by atoms with Crippen LogP contribution in [0.3, 0.4) is 0 Å². The molecule has 0 saturated carbocycles. The van der Waals surface area contributed by atoms with Crippen molar-refractivity contribution >= 4 is 11.8 Å². The molecule has 3 rings (SSSR count). The van der Waals surface area contributed by atoms with Crippen molar-refractivity contribution in [3.63, 3.8) is 0 Å². The van der Waals surface area contributed by atoms with E-state index in [-0.39, 0.29) is 24.2 Å². The van der Waals surface area contributed by atoms with Crippen molar-refractivity contribution in [2.24, 2.45) is 5.41 Å². The van der Waals surface area contributed by atoms with Crippen LogP contribution < -0.4 is 0 Å². The third-order valence-electron chi connectivity index (χ3n) is 5.35. The predicted molar refractivity (Wildman–Crippen MR) is 95.4 cm³/mol. The highest BCUT2D eigenvalue weighted by molar-refractivity contribution is 6.05. The van der Waals surface area contributed by atoms with Crippen LogP contribution in [-0.2, 0) is 19.7 Å². The molecule has 28 heavy (non-hydrogen) atoms. The molecule has 1 aliphatic carbocycles. The van der Waals surface area contributed by atoms with Gasteiger partial charge in [0.1, 0.15) is 5.76 Å². The summed E-state index contributed by atoms with van der Waals surface area (Å²) >= 11 is 0. The van der Waals surface area contributed by atoms with Gasteiger partial charge in [0.2, 0.25) is 5.76 Å². The second kappa shape index (κ2) is 6.22. The fourth-order valence-electron chi connectivity index (χ4n) is 4.19. The van der Waals surface area contributed by atoms with E-state index in [2.05, 4.69) is 0 Å². The summed E-state index contributed by atoms with van der Waals surface area (Å²) in [7, 11) is 0. The molecule has 7 heteroatoms. The maximum absolute atomic E-state index is 13.8. The number of allylic oxidation sites excluding steroid dienone is 3. The number of rotatable bonds is 2. The van der Waals surface area contributed by atoms with E-state index in [0.717, 1.165) is 5.56 Å². The lowest BCUT2D eigenvalue weighted by Gasteiger charge is -2.44. The molecule has 1 aromatic rings. The molecule has 0 bridgehead atoms. The summed E-state index contributed by atoms with van der Waals surface area (Å²) in [6, 6.07) is 6.55. The molecule has 0 saturated heterocycles. The van der Waals surface area contributed by atoms with Crippen LogP contribution >= 0.6 is 0 Å². The molecule has 1 aromatic carbocycles. The molecule has 0 radical (unpaired) electrons. The van der Waals surface area contributed by atoms with Crippen LogP contribution in [0.25, 0.3) is 0 Å². The Labute approximate surface area is 160 Å². The van der Waals surface area contributed by atoms with Crippen molar-refractivity contribution in [2.75, 3.05) is 0 Å². The van der Waals surface area contributed by atoms with Crippen LogP contribution in [-0.4, -0.2) is 23.0 Å². The minimum atomic E-state index is -5.01. The third kappa shape index (κ3) is 3.12. The molecule has 2 aliphatic rings. The minimum absolute atomic E-state index is 0.00262. The molecule has 1 unspecified atom stereocenters. The number of carboxylic acid groups (broad SMARTS) is 1. The lowest BCUT2D eigenvalue weighted by molar-refractivity contribution is -0.143. The Balaban J connectivity index is 2.41. The summed E-state index contributed by atoms with van der Waals surface area (Å²) < 4.78 is 46.5. The first kappa shape index (κ1) is 20.2. The molecular weight excluding hydrogens is 373 g/mol. The van der Waals surface area contributed by atoms with Crippen molar-refractivity contribution < 1.29 is 32.6 Å². The Hall–Kier alpha value is -2.57. The number of alkyl halides is 3. The van der Waals surface area contributed by atoms with Crippen LogP contribution in [0.4, 0.5) is 13.2 Å². The molecule has 0 aromatic heterocycles. The lowest BCUT2D eigenvalue weighted by Crippen LogP contribution is -2.45. The third-order valence-corrected chi connectivity index (χ3v) is 5.35. The average Bonchev–Trinajstić information content (AvgIpc) is 2.51. The van der Waals surface area contributed by atoms with Crippen molar-refractivity contribution in [1.29, 1.82) is 0 Å². The Morgan fingerprint density at radius 2 is 1.82 bits per heavy atom. The molecular formula is C21H21F3O4. The smallest absolute Gasteiger partial charge is 0.450 e. The average molecular weight is 394 g/mol. The number of carboxylic acids is 1. The van der Waals surface area contributed by atoms with Crippen LogP contribution in [0.2, 0.25) is 0 Å². The zero-order valence-corrected chi connectivity index (χ0v) is 16.0. The molecule has 4 nitrogen and oxygen atoms in total. The maximum atomic E-state index is 13.8. The molecule has 0 fully saturated rings. The van der Waals surface area contributed by atoms with Crippen molar-refractivity contribution in [3.05, 3.63) is 58.1 Å². The Bertz CT molecular complexity index is 937. The summed E-state index contributed by atoms with van der Waals surface area (Å²) in [5.74, 6) is -3.81. The number of hydrogen-bond donors (Lipinski definition) is 1. The van der Waals surface area contributed by atoms with Gasteiger partial charge in [-0.05, 0) is 24.8 Å². The topological polar surface area (TPSA) is 63.6 Å². The van der Waals surface area contributed by atoms with Crippen LogP contribution in [0, 0.1) is 12.3 Å². The van der Waals surface area contributed by atoms with Gasteiger partial charge < -0.3 is 9.84 Å². The van der Waals surface area contributed by atoms with Gasteiger partial charge in [0, 0.05) is 18.4 Å². The van der Waals surface area contributed by atoms with Gasteiger partial charge >= 0.3 is 12.1 Å². The molecule has 150 valence electrons. The second-order valence-corrected chi connectivity index (χ2v) is 8.34. The first-order valence-corrected chi connectivity index (χ1v) is 8.84. The highest BCUT2D eigenvalue weighted by Crippen LogP contribution is 2.54. The number of ether oxygens (including phenoxy) is 1. The number of ketones is 1. The van der Waals surface area contributed by atoms with Crippen LogP contribution in [0.15, 0.2) is 46.9 Å². The summed E-state index contributed by atoms with van der Waals surface area (Å²) in [5.41, 5.74) is -2.25. The zero-order valence-electron chi connectivity index (χ0n) is 16.0. The van der Waals surface area contributed by atoms with Crippen molar-refractivity contribution in [3.8, 4) is 0 Å². The van der Waals surface area contributed by atoms with Gasteiger partial charge in [0.15, 0.2) is 5.78 Å². The predicted octanol–water partition coefficient (Wildman–Crippen LogP) is 4.83. The molecule has 0 spiro atoms. The minimum Gasteiger partial charge on any atom is -0.478 e. The van der Waals surface area contributed by atoms with E-state index in [4.69, 9.17) is 4.74 Å². The van der Waals surface area contributed by atoms with Gasteiger partial charge in [0.05, 0.1) is 11.0 Å². The molecule has 1 atom stereocenters. The van der Waals surface area contributed by atoms with E-state index in [9.17, 15) is 27.9 Å². The van der Waals surface area contributed by atoms with Crippen LogP contribution in [0.1, 0.15) is 44.7 Å². The second-order valence-electron chi connectivity index (χ2n) is 8.34. The monoisotopic (exact) mass is 394 g/mol. The number of aliphatic carboxylic acids is 1. The largest absolute Gasteiger partial charge is 0.478 e. The number of hydrogen-bond acceptors (Lipinski definition) is 3. The van der Waals surface area contributed by atoms with Gasteiger partial charge in [0.25, 0.3) is 0 Å². The summed E-state index contributed by atoms with van der Waals surface area (Å²) in [6.45, 7) is 6.66. The number of benzene rings is 1. The van der Waals surface area contributed by atoms with Gasteiger partial charge in [-0.3, -0.25) is 4.79 Å². The highest BCUT2D eigenvalue weighted by Gasteiger charge is 2.56. The van der Waals surface area contributed by atoms with E-state index in [0.29, 0.717) is 5.56 Å². The Morgan fingerprint density at radius 1 is 1.18 bits per heavy atom. The quantitative estimate of drug-likeness (QED) is 0.781. The first-order valence-electron chi connectivity index (χ1n) is 8.84. The van der Waals surface area contributed by atoms with E-state index in [1.165, 1.54) is 6.92 Å². The lowest BCUT2D eigenvalue weighted by atomic mass is 9.62. The normalized spacial score (nSPS) is 24.8. The number of Topliss-reactive ketones (excluding diaryl/α,β-unsaturated/α-hetero) is 1. The van der Waals surface area contributed by atoms with Gasteiger partial charge in [-0.2, -0.15) is 13.2 Å². The molecule has 1 N–H and O–H groups in total. The number of carbonyl (C=O) groups excluding carboxylic acids is 1. The van der Waals surface area contributed by atoms with E-state index < -0.39 is 40.1 Å². The van der Waals surface area contributed by atoms with Crippen LogP contribution in [0.5, 0.6) is 0 Å². The fourth-order valence-corrected chi connectivity index (χ4v) is 4.19. The van der Waals surface area contributed by atoms with Gasteiger partial charge in [-0.15, -0.1) is 0 Å².